The summed E-state index contributed by atoms with van der Waals surface area (Å²) < 4.78 is 0. The number of amides is 2. The van der Waals surface area contributed by atoms with E-state index < -0.39 is 24.3 Å². The number of rotatable bonds is 4. The highest BCUT2D eigenvalue weighted by Crippen LogP contribution is 2.10. The second kappa shape index (κ2) is 5.41. The van der Waals surface area contributed by atoms with Crippen LogP contribution in [-0.2, 0) is 20.8 Å². The summed E-state index contributed by atoms with van der Waals surface area (Å²) in [6.45, 7) is 0.592. The third kappa shape index (κ3) is 3.47. The molecule has 1 N–H and O–H groups in total. The zero-order valence-electron chi connectivity index (χ0n) is 8.67. The Bertz CT molecular complexity index is 399. The van der Waals surface area contributed by atoms with Gasteiger partial charge in [0, 0.05) is 11.8 Å². The van der Waals surface area contributed by atoms with Crippen LogP contribution in [0.4, 0.5) is 0 Å². The Morgan fingerprint density at radius 2 is 2.12 bits per heavy atom. The first-order valence-electron chi connectivity index (χ1n) is 4.56. The molecule has 86 valence electrons. The first-order chi connectivity index (χ1) is 7.50. The van der Waals surface area contributed by atoms with Gasteiger partial charge in [-0.1, -0.05) is 6.07 Å². The van der Waals surface area contributed by atoms with Crippen LogP contribution in [0.1, 0.15) is 11.8 Å². The molecule has 1 aromatic heterocycles. The first-order valence-corrected chi connectivity index (χ1v) is 5.43. The van der Waals surface area contributed by atoms with Crippen molar-refractivity contribution in [1.29, 1.82) is 0 Å². The van der Waals surface area contributed by atoms with Crippen LogP contribution in [0.25, 0.3) is 0 Å². The molecule has 1 aromatic rings. The van der Waals surface area contributed by atoms with Crippen LogP contribution in [0.5, 0.6) is 0 Å². The summed E-state index contributed by atoms with van der Waals surface area (Å²) in [6.07, 6.45) is 0.0600. The monoisotopic (exact) mass is 241 g/mol. The van der Waals surface area contributed by atoms with Crippen molar-refractivity contribution in [2.75, 3.05) is 6.54 Å². The molecule has 2 amide bonds. The summed E-state index contributed by atoms with van der Waals surface area (Å²) in [4.78, 5) is 34.8. The summed E-state index contributed by atoms with van der Waals surface area (Å²) in [5.74, 6) is -2.24. The van der Waals surface area contributed by atoms with Crippen LogP contribution >= 0.6 is 11.3 Å². The number of carbonyl (C=O) groups excluding carboxylic acids is 2. The second-order valence-electron chi connectivity index (χ2n) is 3.15. The van der Waals surface area contributed by atoms with E-state index in [2.05, 4.69) is 0 Å². The van der Waals surface area contributed by atoms with Crippen molar-refractivity contribution in [2.24, 2.45) is 0 Å². The largest absolute Gasteiger partial charge is 0.480 e. The molecule has 0 radical (unpaired) electrons. The molecule has 0 saturated heterocycles. The van der Waals surface area contributed by atoms with E-state index in [1.54, 1.807) is 12.1 Å². The van der Waals surface area contributed by atoms with Gasteiger partial charge >= 0.3 is 5.97 Å². The van der Waals surface area contributed by atoms with Crippen molar-refractivity contribution in [3.63, 3.8) is 0 Å². The average Bonchev–Trinajstić information content (AvgIpc) is 2.65. The molecule has 0 aromatic carbocycles. The van der Waals surface area contributed by atoms with E-state index in [9.17, 15) is 14.4 Å². The van der Waals surface area contributed by atoms with Gasteiger partial charge in [-0.25, -0.2) is 0 Å². The standard InChI is InChI=1S/C10H11NO4S/c1-7(12)11(6-10(14)15)9(13)5-8-3-2-4-16-8/h2-4H,5-6H2,1H3,(H,14,15). The SMILES string of the molecule is CC(=O)N(CC(=O)O)C(=O)Cc1cccs1. The first kappa shape index (κ1) is 12.4. The average molecular weight is 241 g/mol. The van der Waals surface area contributed by atoms with Crippen molar-refractivity contribution in [1.82, 2.24) is 4.90 Å². The minimum atomic E-state index is -1.20. The Morgan fingerprint density at radius 3 is 2.56 bits per heavy atom. The van der Waals surface area contributed by atoms with Gasteiger partial charge in [0.15, 0.2) is 0 Å². The molecule has 5 nitrogen and oxygen atoms in total. The molecule has 16 heavy (non-hydrogen) atoms. The third-order valence-corrected chi connectivity index (χ3v) is 2.76. The summed E-state index contributed by atoms with van der Waals surface area (Å²) >= 11 is 1.39. The van der Waals surface area contributed by atoms with Crippen LogP contribution in [0.15, 0.2) is 17.5 Å². The number of hydrogen-bond donors (Lipinski definition) is 1. The van der Waals surface area contributed by atoms with Gasteiger partial charge in [0.25, 0.3) is 0 Å². The third-order valence-electron chi connectivity index (χ3n) is 1.88. The lowest BCUT2D eigenvalue weighted by Crippen LogP contribution is -2.39. The van der Waals surface area contributed by atoms with Gasteiger partial charge in [-0.15, -0.1) is 11.3 Å². The lowest BCUT2D eigenvalue weighted by Gasteiger charge is -2.15. The molecule has 0 atom stereocenters. The molecule has 0 unspecified atom stereocenters. The Hall–Kier alpha value is -1.69. The van der Waals surface area contributed by atoms with Gasteiger partial charge in [-0.3, -0.25) is 19.3 Å². The lowest BCUT2D eigenvalue weighted by atomic mass is 10.3. The summed E-state index contributed by atoms with van der Waals surface area (Å²) in [5.41, 5.74) is 0. The van der Waals surface area contributed by atoms with Crippen LogP contribution in [0.3, 0.4) is 0 Å². The minimum Gasteiger partial charge on any atom is -0.480 e. The number of nitrogens with zero attached hydrogens (tertiary/aromatic N) is 1. The van der Waals surface area contributed by atoms with E-state index in [-0.39, 0.29) is 6.42 Å². The molecule has 1 rings (SSSR count). The molecule has 0 spiro atoms. The van der Waals surface area contributed by atoms with E-state index in [1.807, 2.05) is 5.38 Å². The number of carboxylic acids is 1. The Morgan fingerprint density at radius 1 is 1.44 bits per heavy atom. The molecule has 1 heterocycles. The number of carboxylic acid groups (broad SMARTS) is 1. The van der Waals surface area contributed by atoms with Gasteiger partial charge in [0.1, 0.15) is 6.54 Å². The van der Waals surface area contributed by atoms with Crippen LogP contribution in [-0.4, -0.2) is 34.3 Å². The number of thiophene rings is 1. The number of aliphatic carboxylic acids is 1. The van der Waals surface area contributed by atoms with Crippen molar-refractivity contribution >= 4 is 29.1 Å². The fourth-order valence-corrected chi connectivity index (χ4v) is 1.86. The van der Waals surface area contributed by atoms with Gasteiger partial charge < -0.3 is 5.11 Å². The number of hydrogen-bond acceptors (Lipinski definition) is 4. The normalized spacial score (nSPS) is 9.81. The van der Waals surface area contributed by atoms with E-state index >= 15 is 0 Å². The molecular weight excluding hydrogens is 230 g/mol. The maximum atomic E-state index is 11.6. The van der Waals surface area contributed by atoms with E-state index in [0.717, 1.165) is 9.78 Å². The van der Waals surface area contributed by atoms with Crippen LogP contribution in [0, 0.1) is 0 Å². The smallest absolute Gasteiger partial charge is 0.323 e. The van der Waals surface area contributed by atoms with Crippen molar-refractivity contribution in [3.05, 3.63) is 22.4 Å². The van der Waals surface area contributed by atoms with E-state index in [4.69, 9.17) is 5.11 Å². The van der Waals surface area contributed by atoms with Gasteiger partial charge in [0.05, 0.1) is 6.42 Å². The molecule has 0 aliphatic rings. The molecule has 0 saturated carbocycles. The van der Waals surface area contributed by atoms with Crippen molar-refractivity contribution in [3.8, 4) is 0 Å². The van der Waals surface area contributed by atoms with E-state index in [0.29, 0.717) is 0 Å². The molecule has 6 heteroatoms. The van der Waals surface area contributed by atoms with Gasteiger partial charge in [0.2, 0.25) is 11.8 Å². The molecule has 0 bridgehead atoms. The highest BCUT2D eigenvalue weighted by molar-refractivity contribution is 7.10. The van der Waals surface area contributed by atoms with Crippen LogP contribution in [0.2, 0.25) is 0 Å². The topological polar surface area (TPSA) is 74.7 Å². The second-order valence-corrected chi connectivity index (χ2v) is 4.18. The fourth-order valence-electron chi connectivity index (χ4n) is 1.17. The zero-order valence-corrected chi connectivity index (χ0v) is 9.49. The molecule has 0 aliphatic heterocycles. The predicted molar refractivity (Wildman–Crippen MR) is 58.1 cm³/mol. The summed E-state index contributed by atoms with van der Waals surface area (Å²) in [7, 11) is 0. The summed E-state index contributed by atoms with van der Waals surface area (Å²) in [5, 5.41) is 10.4. The fraction of sp³-hybridized carbons (Fsp3) is 0.300. The molecular formula is C10H11NO4S. The minimum absolute atomic E-state index is 0.0600. The summed E-state index contributed by atoms with van der Waals surface area (Å²) in [6, 6.07) is 3.56. The molecule has 0 aliphatic carbocycles. The predicted octanol–water partition coefficient (Wildman–Crippen LogP) is 0.750. The Kier molecular flexibility index (Phi) is 4.19. The van der Waals surface area contributed by atoms with Crippen LogP contribution < -0.4 is 0 Å². The quantitative estimate of drug-likeness (QED) is 0.844. The molecule has 0 fully saturated rings. The van der Waals surface area contributed by atoms with Crippen molar-refractivity contribution < 1.29 is 19.5 Å². The van der Waals surface area contributed by atoms with E-state index in [1.165, 1.54) is 18.3 Å². The number of carbonyl (C=O) groups is 3. The zero-order chi connectivity index (χ0) is 12.1. The Balaban J connectivity index is 2.68. The van der Waals surface area contributed by atoms with Gasteiger partial charge in [-0.2, -0.15) is 0 Å². The van der Waals surface area contributed by atoms with Crippen molar-refractivity contribution in [2.45, 2.75) is 13.3 Å². The van der Waals surface area contributed by atoms with Gasteiger partial charge in [-0.05, 0) is 11.4 Å². The Labute approximate surface area is 96.3 Å². The number of imide groups is 1. The highest BCUT2D eigenvalue weighted by atomic mass is 32.1. The maximum Gasteiger partial charge on any atom is 0.323 e. The highest BCUT2D eigenvalue weighted by Gasteiger charge is 2.20. The lowest BCUT2D eigenvalue weighted by molar-refractivity contribution is -0.151. The maximum absolute atomic E-state index is 11.6.